The number of benzene rings is 1. The minimum atomic E-state index is -0.121. The van der Waals surface area contributed by atoms with E-state index in [0.29, 0.717) is 13.2 Å². The molecule has 0 bridgehead atoms. The lowest BCUT2D eigenvalue weighted by molar-refractivity contribution is -0.126. The third-order valence-electron chi connectivity index (χ3n) is 2.90. The van der Waals surface area contributed by atoms with E-state index in [1.165, 1.54) is 0 Å². The molecule has 1 amide bonds. The average Bonchev–Trinajstić information content (AvgIpc) is 2.98. The summed E-state index contributed by atoms with van der Waals surface area (Å²) >= 11 is 0. The zero-order valence-corrected chi connectivity index (χ0v) is 11.5. The van der Waals surface area contributed by atoms with Crippen LogP contribution in [0.4, 0.5) is 0 Å². The number of ether oxygens (including phenoxy) is 1. The standard InChI is InChI=1S/C15H19N3O2/c1-2-20-12-15(19)17-14(11-18-10-6-9-16-18)13-7-4-3-5-8-13/h3-10,14H,2,11-12H2,1H3,(H,17,19)/t14-/m0/s1. The van der Waals surface area contributed by atoms with Gasteiger partial charge in [0.05, 0.1) is 12.6 Å². The Balaban J connectivity index is 2.06. The van der Waals surface area contributed by atoms with Crippen LogP contribution >= 0.6 is 0 Å². The van der Waals surface area contributed by atoms with E-state index < -0.39 is 0 Å². The van der Waals surface area contributed by atoms with E-state index in [2.05, 4.69) is 10.4 Å². The zero-order valence-electron chi connectivity index (χ0n) is 11.5. The van der Waals surface area contributed by atoms with Gasteiger partial charge in [0, 0.05) is 19.0 Å². The maximum absolute atomic E-state index is 11.8. The van der Waals surface area contributed by atoms with Crippen molar-refractivity contribution in [2.24, 2.45) is 0 Å². The molecule has 0 unspecified atom stereocenters. The molecule has 1 aromatic heterocycles. The highest BCUT2D eigenvalue weighted by Gasteiger charge is 2.15. The number of hydrogen-bond acceptors (Lipinski definition) is 3. The van der Waals surface area contributed by atoms with Crippen molar-refractivity contribution in [3.05, 3.63) is 54.4 Å². The molecule has 0 fully saturated rings. The Labute approximate surface area is 118 Å². The molecule has 1 N–H and O–H groups in total. The van der Waals surface area contributed by atoms with Crippen molar-refractivity contribution in [2.45, 2.75) is 19.5 Å². The predicted molar refractivity (Wildman–Crippen MR) is 76.0 cm³/mol. The summed E-state index contributed by atoms with van der Waals surface area (Å²) in [5.74, 6) is -0.118. The Morgan fingerprint density at radius 3 is 2.80 bits per heavy atom. The van der Waals surface area contributed by atoms with Crippen LogP contribution in [0.25, 0.3) is 0 Å². The highest BCUT2D eigenvalue weighted by molar-refractivity contribution is 5.77. The molecule has 1 heterocycles. The number of hydrogen-bond donors (Lipinski definition) is 1. The van der Waals surface area contributed by atoms with Gasteiger partial charge in [0.25, 0.3) is 0 Å². The molecule has 0 saturated heterocycles. The summed E-state index contributed by atoms with van der Waals surface area (Å²) in [6, 6.07) is 11.6. The predicted octanol–water partition coefficient (Wildman–Crippen LogP) is 1.78. The van der Waals surface area contributed by atoms with E-state index >= 15 is 0 Å². The summed E-state index contributed by atoms with van der Waals surface area (Å²) in [4.78, 5) is 11.8. The SMILES string of the molecule is CCOCC(=O)N[C@@H](Cn1cccn1)c1ccccc1. The highest BCUT2D eigenvalue weighted by atomic mass is 16.5. The normalized spacial score (nSPS) is 12.1. The zero-order chi connectivity index (χ0) is 14.2. The van der Waals surface area contributed by atoms with Crippen LogP contribution in [0.15, 0.2) is 48.8 Å². The summed E-state index contributed by atoms with van der Waals surface area (Å²) in [6.07, 6.45) is 3.61. The molecule has 0 aliphatic heterocycles. The molecule has 2 rings (SSSR count). The van der Waals surface area contributed by atoms with E-state index in [1.54, 1.807) is 10.9 Å². The fourth-order valence-electron chi connectivity index (χ4n) is 1.95. The second kappa shape index (κ2) is 7.45. The van der Waals surface area contributed by atoms with Crippen molar-refractivity contribution >= 4 is 5.91 Å². The van der Waals surface area contributed by atoms with Gasteiger partial charge in [0.2, 0.25) is 5.91 Å². The lowest BCUT2D eigenvalue weighted by Gasteiger charge is -2.19. The number of amides is 1. The van der Waals surface area contributed by atoms with E-state index in [9.17, 15) is 4.79 Å². The van der Waals surface area contributed by atoms with Crippen LogP contribution in [0.5, 0.6) is 0 Å². The fraction of sp³-hybridized carbons (Fsp3) is 0.333. The van der Waals surface area contributed by atoms with Gasteiger partial charge in [0.15, 0.2) is 0 Å². The quantitative estimate of drug-likeness (QED) is 0.836. The van der Waals surface area contributed by atoms with Crippen molar-refractivity contribution in [2.75, 3.05) is 13.2 Å². The molecule has 0 spiro atoms. The summed E-state index contributed by atoms with van der Waals surface area (Å²) in [7, 11) is 0. The largest absolute Gasteiger partial charge is 0.372 e. The topological polar surface area (TPSA) is 56.1 Å². The van der Waals surface area contributed by atoms with E-state index in [-0.39, 0.29) is 18.6 Å². The molecule has 0 aliphatic rings. The summed E-state index contributed by atoms with van der Waals surface area (Å²) in [6.45, 7) is 3.07. The van der Waals surface area contributed by atoms with Gasteiger partial charge in [-0.15, -0.1) is 0 Å². The van der Waals surface area contributed by atoms with Crippen LogP contribution in [0.3, 0.4) is 0 Å². The molecule has 0 aliphatic carbocycles. The van der Waals surface area contributed by atoms with Gasteiger partial charge in [-0.3, -0.25) is 9.48 Å². The number of carbonyl (C=O) groups is 1. The third-order valence-corrected chi connectivity index (χ3v) is 2.90. The van der Waals surface area contributed by atoms with Gasteiger partial charge in [-0.25, -0.2) is 0 Å². The number of nitrogens with zero attached hydrogens (tertiary/aromatic N) is 2. The third kappa shape index (κ3) is 4.20. The van der Waals surface area contributed by atoms with Crippen LogP contribution in [-0.4, -0.2) is 28.9 Å². The molecule has 0 saturated carbocycles. The Hall–Kier alpha value is -2.14. The molecule has 1 atom stereocenters. The van der Waals surface area contributed by atoms with Gasteiger partial charge >= 0.3 is 0 Å². The average molecular weight is 273 g/mol. The van der Waals surface area contributed by atoms with Gasteiger partial charge in [-0.2, -0.15) is 5.10 Å². The maximum atomic E-state index is 11.8. The molecule has 2 aromatic rings. The van der Waals surface area contributed by atoms with Gasteiger partial charge in [-0.05, 0) is 18.6 Å². The lowest BCUT2D eigenvalue weighted by atomic mass is 10.1. The first-order valence-corrected chi connectivity index (χ1v) is 6.69. The van der Waals surface area contributed by atoms with Crippen molar-refractivity contribution < 1.29 is 9.53 Å². The second-order valence-electron chi connectivity index (χ2n) is 4.40. The first-order chi connectivity index (χ1) is 9.79. The molecule has 0 radical (unpaired) electrons. The van der Waals surface area contributed by atoms with Crippen LogP contribution in [0.1, 0.15) is 18.5 Å². The summed E-state index contributed by atoms with van der Waals surface area (Å²) < 4.78 is 6.94. The monoisotopic (exact) mass is 273 g/mol. The van der Waals surface area contributed by atoms with Crippen LogP contribution in [0, 0.1) is 0 Å². The number of carbonyl (C=O) groups excluding carboxylic acids is 1. The number of aromatic nitrogens is 2. The summed E-state index contributed by atoms with van der Waals surface area (Å²) in [5.41, 5.74) is 1.05. The minimum absolute atomic E-state index is 0.0823. The van der Waals surface area contributed by atoms with Crippen molar-refractivity contribution in [1.82, 2.24) is 15.1 Å². The van der Waals surface area contributed by atoms with Crippen LogP contribution in [0.2, 0.25) is 0 Å². The van der Waals surface area contributed by atoms with Gasteiger partial charge in [-0.1, -0.05) is 30.3 Å². The highest BCUT2D eigenvalue weighted by Crippen LogP contribution is 2.14. The Kier molecular flexibility index (Phi) is 5.32. The second-order valence-corrected chi connectivity index (χ2v) is 4.40. The lowest BCUT2D eigenvalue weighted by Crippen LogP contribution is -2.34. The molecule has 1 aromatic carbocycles. The van der Waals surface area contributed by atoms with Gasteiger partial charge < -0.3 is 10.1 Å². The first kappa shape index (κ1) is 14.3. The molecule has 5 heteroatoms. The summed E-state index contributed by atoms with van der Waals surface area (Å²) in [5, 5.41) is 7.17. The van der Waals surface area contributed by atoms with Crippen molar-refractivity contribution in [3.63, 3.8) is 0 Å². The Morgan fingerprint density at radius 1 is 1.35 bits per heavy atom. The molecule has 20 heavy (non-hydrogen) atoms. The van der Waals surface area contributed by atoms with Crippen molar-refractivity contribution in [1.29, 1.82) is 0 Å². The Morgan fingerprint density at radius 2 is 2.15 bits per heavy atom. The molecular formula is C15H19N3O2. The molecular weight excluding hydrogens is 254 g/mol. The van der Waals surface area contributed by atoms with Crippen LogP contribution in [-0.2, 0) is 16.1 Å². The van der Waals surface area contributed by atoms with Crippen molar-refractivity contribution in [3.8, 4) is 0 Å². The maximum Gasteiger partial charge on any atom is 0.246 e. The minimum Gasteiger partial charge on any atom is -0.372 e. The molecule has 5 nitrogen and oxygen atoms in total. The smallest absolute Gasteiger partial charge is 0.246 e. The number of nitrogens with one attached hydrogen (secondary N) is 1. The van der Waals surface area contributed by atoms with Gasteiger partial charge in [0.1, 0.15) is 6.61 Å². The number of rotatable bonds is 7. The van der Waals surface area contributed by atoms with E-state index in [4.69, 9.17) is 4.74 Å². The van der Waals surface area contributed by atoms with Crippen LogP contribution < -0.4 is 5.32 Å². The van der Waals surface area contributed by atoms with E-state index in [1.807, 2.05) is 49.5 Å². The fourth-order valence-corrected chi connectivity index (χ4v) is 1.95. The van der Waals surface area contributed by atoms with E-state index in [0.717, 1.165) is 5.56 Å². The first-order valence-electron chi connectivity index (χ1n) is 6.69. The molecule has 106 valence electrons. The Bertz CT molecular complexity index is 511.